The maximum Gasteiger partial charge on any atom is 0.229 e. The topological polar surface area (TPSA) is 112 Å². The molecule has 0 aliphatic heterocycles. The minimum atomic E-state index is -1.82. The fourth-order valence-corrected chi connectivity index (χ4v) is 3.88. The van der Waals surface area contributed by atoms with Crippen LogP contribution in [0.4, 0.5) is 23.1 Å². The van der Waals surface area contributed by atoms with Crippen LogP contribution in [0, 0.1) is 4.78 Å². The van der Waals surface area contributed by atoms with Crippen LogP contribution in [0.3, 0.4) is 0 Å². The second kappa shape index (κ2) is 11.8. The first-order valence-corrected chi connectivity index (χ1v) is 12.4. The van der Waals surface area contributed by atoms with E-state index in [-0.39, 0.29) is 0 Å². The molecule has 180 valence electrons. The molecule has 3 aromatic carbocycles. The normalized spacial score (nSPS) is 10.7. The summed E-state index contributed by atoms with van der Waals surface area (Å²) in [5, 5.41) is 9.94. The van der Waals surface area contributed by atoms with E-state index in [2.05, 4.69) is 20.9 Å². The maximum absolute atomic E-state index is 11.5. The van der Waals surface area contributed by atoms with Crippen molar-refractivity contribution in [1.82, 2.24) is 9.97 Å². The number of nitrogens with one attached hydrogen (secondary N) is 4. The van der Waals surface area contributed by atoms with Crippen molar-refractivity contribution in [1.29, 1.82) is 4.78 Å². The van der Waals surface area contributed by atoms with Gasteiger partial charge in [-0.2, -0.15) is 15.6 Å². The molecule has 0 saturated carbocycles. The minimum absolute atomic E-state index is 0.395. The van der Waals surface area contributed by atoms with E-state index in [0.29, 0.717) is 42.0 Å². The molecule has 0 amide bonds. The Hall–Kier alpha value is -4.11. The van der Waals surface area contributed by atoms with Gasteiger partial charge in [0, 0.05) is 36.2 Å². The number of anilines is 4. The average Bonchev–Trinajstić information content (AvgIpc) is 2.88. The third-order valence-electron chi connectivity index (χ3n) is 5.09. The molecule has 0 spiro atoms. The van der Waals surface area contributed by atoms with Crippen molar-refractivity contribution in [3.05, 3.63) is 85.1 Å². The summed E-state index contributed by atoms with van der Waals surface area (Å²) in [6.45, 7) is 3.91. The van der Waals surface area contributed by atoms with Gasteiger partial charge in [-0.3, -0.25) is 0 Å². The summed E-state index contributed by atoms with van der Waals surface area (Å²) in [4.78, 5) is 9.60. The lowest BCUT2D eigenvalue weighted by Crippen LogP contribution is -2.15. The molecule has 0 unspecified atom stereocenters. The summed E-state index contributed by atoms with van der Waals surface area (Å²) in [5.41, 5.74) is 3.54. The van der Waals surface area contributed by atoms with Crippen LogP contribution in [0.15, 0.2) is 90.0 Å². The molecule has 1 aromatic heterocycles. The van der Waals surface area contributed by atoms with Crippen molar-refractivity contribution >= 4 is 33.7 Å². The first-order valence-electron chi connectivity index (χ1n) is 11.3. The number of hydrogen-bond acceptors (Lipinski definition) is 9. The molecule has 8 nitrogen and oxygen atoms in total. The molecular formula is C26H27N6O2S-. The summed E-state index contributed by atoms with van der Waals surface area (Å²) in [7, 11) is -1.82. The zero-order valence-corrected chi connectivity index (χ0v) is 20.1. The summed E-state index contributed by atoms with van der Waals surface area (Å²) < 4.78 is 24.5. The van der Waals surface area contributed by atoms with E-state index in [4.69, 9.17) is 14.5 Å². The number of aromatic nitrogens is 2. The maximum atomic E-state index is 11.5. The Kier molecular flexibility index (Phi) is 8.13. The Morgan fingerprint density at radius 3 is 2.40 bits per heavy atom. The number of ether oxygens (including phenoxy) is 1. The van der Waals surface area contributed by atoms with E-state index >= 15 is 0 Å². The van der Waals surface area contributed by atoms with Gasteiger partial charge >= 0.3 is 0 Å². The van der Waals surface area contributed by atoms with Gasteiger partial charge in [-0.1, -0.05) is 53.4 Å². The fourth-order valence-electron chi connectivity index (χ4n) is 3.45. The van der Waals surface area contributed by atoms with Crippen molar-refractivity contribution in [2.45, 2.75) is 11.8 Å². The summed E-state index contributed by atoms with van der Waals surface area (Å²) in [6.07, 6.45) is 1.77. The van der Waals surface area contributed by atoms with Crippen molar-refractivity contribution < 1.29 is 8.95 Å². The first-order chi connectivity index (χ1) is 17.1. The molecule has 0 fully saturated rings. The van der Waals surface area contributed by atoms with E-state index in [0.717, 1.165) is 22.6 Å². The van der Waals surface area contributed by atoms with Crippen LogP contribution in [0.1, 0.15) is 6.92 Å². The largest absolute Gasteiger partial charge is 0.494 e. The van der Waals surface area contributed by atoms with Crippen LogP contribution >= 0.6 is 0 Å². The highest BCUT2D eigenvalue weighted by atomic mass is 32.2. The van der Waals surface area contributed by atoms with Crippen LogP contribution in [0.2, 0.25) is 0 Å². The quantitative estimate of drug-likeness (QED) is 0.154. The smallest absolute Gasteiger partial charge is 0.229 e. The van der Waals surface area contributed by atoms with E-state index in [9.17, 15) is 4.21 Å². The SMILES string of the molecule is CCOc1ccc(-c2cnc(Nc3cccc([S-](=N)=O)c3)nc2NCCNc2ccccc2)cc1. The molecule has 0 aliphatic rings. The molecule has 35 heavy (non-hydrogen) atoms. The van der Waals surface area contributed by atoms with Crippen molar-refractivity contribution in [2.24, 2.45) is 0 Å². The Labute approximate surface area is 206 Å². The lowest BCUT2D eigenvalue weighted by Gasteiger charge is -2.15. The number of nitrogens with zero attached hydrogens (tertiary/aromatic N) is 2. The molecule has 4 aromatic rings. The highest BCUT2D eigenvalue weighted by molar-refractivity contribution is 7.73. The standard InChI is InChI=1S/C26H27N6O2S/c1-2-34-22-13-11-19(12-14-22)24-18-30-26(31-21-9-6-10-23(17-21)35(27)33)32-25(24)29-16-15-28-20-7-4-3-5-8-20/h3-14,17-18,27-28H,2,15-16H2,1H3,(H2,29,30,31,32)/q-1. The predicted octanol–water partition coefficient (Wildman–Crippen LogP) is 5.89. The van der Waals surface area contributed by atoms with E-state index in [1.165, 1.54) is 0 Å². The molecular weight excluding hydrogens is 460 g/mol. The molecule has 1 heterocycles. The van der Waals surface area contributed by atoms with Gasteiger partial charge in [-0.05, 0) is 42.8 Å². The van der Waals surface area contributed by atoms with Gasteiger partial charge in [0.15, 0.2) is 0 Å². The molecule has 4 N–H and O–H groups in total. The second-order valence-electron chi connectivity index (χ2n) is 7.55. The Balaban J connectivity index is 1.55. The van der Waals surface area contributed by atoms with Crippen LogP contribution < -0.4 is 20.7 Å². The van der Waals surface area contributed by atoms with Gasteiger partial charge in [0.05, 0.1) is 6.61 Å². The molecule has 0 radical (unpaired) electrons. The van der Waals surface area contributed by atoms with Gasteiger partial charge in [0.2, 0.25) is 5.95 Å². The van der Waals surface area contributed by atoms with Gasteiger partial charge in [0.1, 0.15) is 11.6 Å². The lowest BCUT2D eigenvalue weighted by atomic mass is 10.1. The zero-order chi connectivity index (χ0) is 24.5. The van der Waals surface area contributed by atoms with Gasteiger partial charge < -0.3 is 29.7 Å². The minimum Gasteiger partial charge on any atom is -0.494 e. The van der Waals surface area contributed by atoms with Crippen LogP contribution in [-0.2, 0) is 14.8 Å². The number of benzene rings is 3. The number of para-hydroxylation sites is 1. The zero-order valence-electron chi connectivity index (χ0n) is 19.3. The van der Waals surface area contributed by atoms with E-state index in [1.54, 1.807) is 24.4 Å². The second-order valence-corrected chi connectivity index (χ2v) is 8.56. The van der Waals surface area contributed by atoms with Crippen molar-refractivity contribution in [2.75, 3.05) is 35.6 Å². The first kappa shape index (κ1) is 24.0. The van der Waals surface area contributed by atoms with E-state index < -0.39 is 10.6 Å². The predicted molar refractivity (Wildman–Crippen MR) is 141 cm³/mol. The highest BCUT2D eigenvalue weighted by Gasteiger charge is 2.10. The van der Waals surface area contributed by atoms with Crippen LogP contribution in [0.5, 0.6) is 5.75 Å². The summed E-state index contributed by atoms with van der Waals surface area (Å²) in [6, 6.07) is 24.7. The van der Waals surface area contributed by atoms with Crippen molar-refractivity contribution in [3.63, 3.8) is 0 Å². The third-order valence-corrected chi connectivity index (χ3v) is 5.77. The Morgan fingerprint density at radius 1 is 0.914 bits per heavy atom. The molecule has 0 aliphatic carbocycles. The highest BCUT2D eigenvalue weighted by Crippen LogP contribution is 2.29. The van der Waals surface area contributed by atoms with E-state index in [1.807, 2.05) is 67.6 Å². The average molecular weight is 488 g/mol. The molecule has 0 atom stereocenters. The fraction of sp³-hybridized carbons (Fsp3) is 0.154. The number of rotatable bonds is 11. The lowest BCUT2D eigenvalue weighted by molar-refractivity contribution is 0.340. The van der Waals surface area contributed by atoms with Gasteiger partial charge in [0.25, 0.3) is 0 Å². The summed E-state index contributed by atoms with van der Waals surface area (Å²) >= 11 is 0. The monoisotopic (exact) mass is 487 g/mol. The van der Waals surface area contributed by atoms with Gasteiger partial charge in [-0.25, -0.2) is 4.98 Å². The Bertz CT molecular complexity index is 1320. The summed E-state index contributed by atoms with van der Waals surface area (Å²) in [5.74, 6) is 1.89. The molecule has 9 heteroatoms. The molecule has 0 saturated heterocycles. The Morgan fingerprint density at radius 2 is 1.66 bits per heavy atom. The van der Waals surface area contributed by atoms with Crippen LogP contribution in [-0.4, -0.2) is 29.7 Å². The molecule has 0 bridgehead atoms. The number of hydrogen-bond donors (Lipinski definition) is 4. The third kappa shape index (κ3) is 6.70. The van der Waals surface area contributed by atoms with Crippen molar-refractivity contribution in [3.8, 4) is 16.9 Å². The molecule has 4 rings (SSSR count). The van der Waals surface area contributed by atoms with Gasteiger partial charge in [-0.15, -0.1) is 0 Å². The van der Waals surface area contributed by atoms with Crippen LogP contribution in [0.25, 0.3) is 11.1 Å².